The van der Waals surface area contributed by atoms with Crippen LogP contribution in [0.15, 0.2) is 70.7 Å². The molecule has 0 bridgehead atoms. The van der Waals surface area contributed by atoms with Gasteiger partial charge in [0.1, 0.15) is 5.69 Å². The van der Waals surface area contributed by atoms with Gasteiger partial charge in [0, 0.05) is 36.0 Å². The van der Waals surface area contributed by atoms with Gasteiger partial charge in [0.05, 0.1) is 18.5 Å². The van der Waals surface area contributed by atoms with Gasteiger partial charge in [0.15, 0.2) is 17.3 Å². The second-order valence-corrected chi connectivity index (χ2v) is 8.53. The van der Waals surface area contributed by atoms with Crippen LogP contribution in [0.3, 0.4) is 0 Å². The number of allylic oxidation sites excluding steroid dienone is 2. The number of amides is 1. The highest BCUT2D eigenvalue weighted by Crippen LogP contribution is 2.43. The highest BCUT2D eigenvalue weighted by molar-refractivity contribution is 6.01. The zero-order valence-electron chi connectivity index (χ0n) is 19.1. The van der Waals surface area contributed by atoms with Crippen molar-refractivity contribution in [2.45, 2.75) is 31.6 Å². The average molecular weight is 473 g/mol. The highest BCUT2D eigenvalue weighted by Gasteiger charge is 2.40. The Morgan fingerprint density at radius 3 is 2.66 bits per heavy atom. The number of ether oxygens (including phenoxy) is 1. The summed E-state index contributed by atoms with van der Waals surface area (Å²) in [6.07, 6.45) is 1.59. The minimum Gasteiger partial charge on any atom is -0.504 e. The Labute approximate surface area is 201 Å². The number of aromatic hydroxyl groups is 1. The van der Waals surface area contributed by atoms with E-state index >= 15 is 0 Å². The molecule has 2 heterocycles. The van der Waals surface area contributed by atoms with Crippen molar-refractivity contribution in [3.8, 4) is 22.8 Å². The highest BCUT2D eigenvalue weighted by atomic mass is 16.5. The zero-order valence-corrected chi connectivity index (χ0v) is 19.1. The quantitative estimate of drug-likeness (QED) is 0.519. The monoisotopic (exact) mass is 472 g/mol. The molecule has 0 radical (unpaired) electrons. The average Bonchev–Trinajstić information content (AvgIpc) is 2.86. The van der Waals surface area contributed by atoms with Gasteiger partial charge in [-0.25, -0.2) is 10.1 Å². The van der Waals surface area contributed by atoms with Gasteiger partial charge in [-0.2, -0.15) is 5.10 Å². The standard InChI is InChI=1S/C26H24N4O5/c1-35-22-12-16(10-11-20(22)31)17-13-24(34)30(19-8-5-9-21(32)25(17)19)29-18-14-23(33)27-28-26(18)15-6-3-2-4-7-15/h2-4,6-7,10-12,14,17,31H,5,8-9,13H2,1H3,(H2,27,29,33)/t17-/m1/s1. The zero-order chi connectivity index (χ0) is 24.5. The molecule has 1 atom stereocenters. The topological polar surface area (TPSA) is 125 Å². The molecule has 35 heavy (non-hydrogen) atoms. The van der Waals surface area contributed by atoms with Gasteiger partial charge in [-0.1, -0.05) is 36.4 Å². The third kappa shape index (κ3) is 4.16. The Kier molecular flexibility index (Phi) is 5.82. The number of H-pyrrole nitrogens is 1. The fraction of sp³-hybridized carbons (Fsp3) is 0.231. The van der Waals surface area contributed by atoms with Crippen LogP contribution >= 0.6 is 0 Å². The molecule has 1 aliphatic heterocycles. The molecule has 2 aromatic carbocycles. The summed E-state index contributed by atoms with van der Waals surface area (Å²) in [5.41, 5.74) is 6.15. The molecule has 0 unspecified atom stereocenters. The first kappa shape index (κ1) is 22.4. The van der Waals surface area contributed by atoms with Crippen LogP contribution in [0, 0.1) is 0 Å². The molecule has 2 aliphatic rings. The number of hydrazine groups is 1. The SMILES string of the molecule is COc1cc([C@H]2CC(=O)N(Nc3cc(=O)[nH]nc3-c3ccccc3)C3=C2C(=O)CCC3)ccc1O. The van der Waals surface area contributed by atoms with Gasteiger partial charge in [-0.3, -0.25) is 19.8 Å². The van der Waals surface area contributed by atoms with Crippen molar-refractivity contribution in [3.05, 3.63) is 81.8 Å². The summed E-state index contributed by atoms with van der Waals surface area (Å²) in [4.78, 5) is 38.6. The number of hydrogen-bond acceptors (Lipinski definition) is 7. The van der Waals surface area contributed by atoms with Crippen molar-refractivity contribution >= 4 is 17.4 Å². The number of methoxy groups -OCH3 is 1. The fourth-order valence-electron chi connectivity index (χ4n) is 4.74. The van der Waals surface area contributed by atoms with Crippen molar-refractivity contribution in [2.24, 2.45) is 0 Å². The predicted molar refractivity (Wildman–Crippen MR) is 129 cm³/mol. The molecule has 9 heteroatoms. The van der Waals surface area contributed by atoms with E-state index in [1.54, 1.807) is 12.1 Å². The lowest BCUT2D eigenvalue weighted by Crippen LogP contribution is -2.43. The Morgan fingerprint density at radius 1 is 1.09 bits per heavy atom. The van der Waals surface area contributed by atoms with E-state index < -0.39 is 11.5 Å². The van der Waals surface area contributed by atoms with Gasteiger partial charge >= 0.3 is 0 Å². The number of nitrogens with zero attached hydrogens (tertiary/aromatic N) is 2. The Bertz CT molecular complexity index is 1400. The first-order chi connectivity index (χ1) is 17.0. The van der Waals surface area contributed by atoms with Crippen LogP contribution in [0.4, 0.5) is 5.69 Å². The summed E-state index contributed by atoms with van der Waals surface area (Å²) in [5, 5.41) is 18.0. The molecule has 0 spiro atoms. The van der Waals surface area contributed by atoms with E-state index in [4.69, 9.17) is 4.74 Å². The molecule has 1 aromatic heterocycles. The first-order valence-corrected chi connectivity index (χ1v) is 11.3. The van der Waals surface area contributed by atoms with Crippen molar-refractivity contribution in [1.82, 2.24) is 15.2 Å². The Balaban J connectivity index is 1.58. The maximum absolute atomic E-state index is 13.4. The van der Waals surface area contributed by atoms with E-state index in [0.717, 1.165) is 11.1 Å². The lowest BCUT2D eigenvalue weighted by atomic mass is 9.77. The van der Waals surface area contributed by atoms with Crippen molar-refractivity contribution in [3.63, 3.8) is 0 Å². The third-order valence-corrected chi connectivity index (χ3v) is 6.37. The second-order valence-electron chi connectivity index (χ2n) is 8.53. The lowest BCUT2D eigenvalue weighted by Gasteiger charge is -2.38. The number of phenolic OH excluding ortho intramolecular Hbond substituents is 1. The number of phenols is 1. The molecular formula is C26H24N4O5. The van der Waals surface area contributed by atoms with E-state index in [9.17, 15) is 19.5 Å². The van der Waals surface area contributed by atoms with E-state index in [-0.39, 0.29) is 29.6 Å². The van der Waals surface area contributed by atoms with E-state index in [1.807, 2.05) is 30.3 Å². The number of nitrogens with one attached hydrogen (secondary N) is 2. The van der Waals surface area contributed by atoms with Crippen LogP contribution in [-0.4, -0.2) is 39.1 Å². The van der Waals surface area contributed by atoms with Gasteiger partial charge in [0.25, 0.3) is 5.56 Å². The molecular weight excluding hydrogens is 448 g/mol. The summed E-state index contributed by atoms with van der Waals surface area (Å²) < 4.78 is 5.23. The van der Waals surface area contributed by atoms with Gasteiger partial charge in [0.2, 0.25) is 5.91 Å². The van der Waals surface area contributed by atoms with Gasteiger partial charge in [-0.15, -0.1) is 0 Å². The number of aromatic nitrogens is 2. The number of rotatable bonds is 5. The summed E-state index contributed by atoms with van der Waals surface area (Å²) in [7, 11) is 1.45. The van der Waals surface area contributed by atoms with Gasteiger partial charge < -0.3 is 9.84 Å². The second kappa shape index (κ2) is 9.09. The van der Waals surface area contributed by atoms with Crippen LogP contribution in [0.2, 0.25) is 0 Å². The largest absolute Gasteiger partial charge is 0.504 e. The van der Waals surface area contributed by atoms with Gasteiger partial charge in [-0.05, 0) is 30.5 Å². The van der Waals surface area contributed by atoms with Crippen LogP contribution in [0.25, 0.3) is 11.3 Å². The minimum atomic E-state index is -0.455. The number of aromatic amines is 1. The van der Waals surface area contributed by atoms with Crippen LogP contribution in [0.1, 0.15) is 37.2 Å². The summed E-state index contributed by atoms with van der Waals surface area (Å²) in [6, 6.07) is 15.5. The minimum absolute atomic E-state index is 0.0129. The number of carbonyl (C=O) groups excluding carboxylic acids is 2. The van der Waals surface area contributed by atoms with E-state index in [0.29, 0.717) is 41.9 Å². The normalized spacial score (nSPS) is 17.9. The summed E-state index contributed by atoms with van der Waals surface area (Å²) in [5.74, 6) is -0.447. The molecule has 9 nitrogen and oxygen atoms in total. The Hall–Kier alpha value is -4.40. The van der Waals surface area contributed by atoms with Crippen LogP contribution in [0.5, 0.6) is 11.5 Å². The lowest BCUT2D eigenvalue weighted by molar-refractivity contribution is -0.130. The molecule has 0 fully saturated rings. The Morgan fingerprint density at radius 2 is 1.89 bits per heavy atom. The number of hydrogen-bond donors (Lipinski definition) is 3. The maximum Gasteiger partial charge on any atom is 0.266 e. The molecule has 0 saturated heterocycles. The molecule has 0 saturated carbocycles. The fourth-order valence-corrected chi connectivity index (χ4v) is 4.74. The molecule has 3 aromatic rings. The van der Waals surface area contributed by atoms with Crippen molar-refractivity contribution < 1.29 is 19.4 Å². The molecule has 5 rings (SSSR count). The predicted octanol–water partition coefficient (Wildman–Crippen LogP) is 3.50. The molecule has 3 N–H and O–H groups in total. The third-order valence-electron chi connectivity index (χ3n) is 6.37. The number of Topliss-reactive ketones (excluding diaryl/α,β-unsaturated/α-hetero) is 1. The van der Waals surface area contributed by atoms with E-state index in [2.05, 4.69) is 15.6 Å². The maximum atomic E-state index is 13.4. The number of ketones is 1. The van der Waals surface area contributed by atoms with Crippen molar-refractivity contribution in [1.29, 1.82) is 0 Å². The number of anilines is 1. The van der Waals surface area contributed by atoms with Crippen LogP contribution in [-0.2, 0) is 9.59 Å². The summed E-state index contributed by atoms with van der Waals surface area (Å²) >= 11 is 0. The number of benzene rings is 2. The molecule has 1 aliphatic carbocycles. The van der Waals surface area contributed by atoms with E-state index in [1.165, 1.54) is 24.3 Å². The molecule has 1 amide bonds. The first-order valence-electron chi connectivity index (χ1n) is 11.3. The molecule has 178 valence electrons. The smallest absolute Gasteiger partial charge is 0.266 e. The van der Waals surface area contributed by atoms with Crippen LogP contribution < -0.4 is 15.7 Å². The van der Waals surface area contributed by atoms with Crippen molar-refractivity contribution in [2.75, 3.05) is 12.5 Å². The number of carbonyl (C=O) groups is 2. The summed E-state index contributed by atoms with van der Waals surface area (Å²) in [6.45, 7) is 0.